The lowest BCUT2D eigenvalue weighted by Gasteiger charge is -1.99. The highest BCUT2D eigenvalue weighted by Crippen LogP contribution is 2.12. The summed E-state index contributed by atoms with van der Waals surface area (Å²) in [7, 11) is 0. The predicted molar refractivity (Wildman–Crippen MR) is 49.4 cm³/mol. The smallest absolute Gasteiger partial charge is 0.0666 e. The van der Waals surface area contributed by atoms with Crippen LogP contribution in [0.15, 0.2) is 18.5 Å². The molecule has 0 aliphatic heterocycles. The Balaban J connectivity index is 2.88. The molecule has 0 unspecified atom stereocenters. The quantitative estimate of drug-likeness (QED) is 0.577. The van der Waals surface area contributed by atoms with Crippen LogP contribution in [0.4, 0.5) is 0 Å². The summed E-state index contributed by atoms with van der Waals surface area (Å²) in [6, 6.07) is 2.15. The fourth-order valence-electron chi connectivity index (χ4n) is 1.57. The van der Waals surface area contributed by atoms with Gasteiger partial charge in [-0.05, 0) is 32.4 Å². The molecule has 0 atom stereocenters. The van der Waals surface area contributed by atoms with Gasteiger partial charge in [0.2, 0.25) is 0 Å². The molecule has 0 amide bonds. The Morgan fingerprint density at radius 3 is 2.67 bits per heavy atom. The molecule has 2 rings (SSSR count). The maximum Gasteiger partial charge on any atom is 0.0666 e. The summed E-state index contributed by atoms with van der Waals surface area (Å²) in [5.74, 6) is 0. The second-order valence-electron chi connectivity index (χ2n) is 3.28. The van der Waals surface area contributed by atoms with Gasteiger partial charge in [-0.25, -0.2) is 0 Å². The van der Waals surface area contributed by atoms with Gasteiger partial charge >= 0.3 is 0 Å². The lowest BCUT2D eigenvalue weighted by atomic mass is 10.3. The van der Waals surface area contributed by atoms with Gasteiger partial charge in [0.05, 0.1) is 16.9 Å². The highest BCUT2D eigenvalue weighted by atomic mass is 14.9. The second kappa shape index (κ2) is 2.34. The molecule has 0 saturated carbocycles. The maximum atomic E-state index is 4.39. The minimum Gasteiger partial charge on any atom is -0.320 e. The van der Waals surface area contributed by atoms with E-state index in [1.165, 1.54) is 11.1 Å². The first kappa shape index (κ1) is 7.35. The summed E-state index contributed by atoms with van der Waals surface area (Å²) in [5, 5.41) is 0. The first-order chi connectivity index (χ1) is 5.66. The number of hydrogen-bond acceptors (Lipinski definition) is 1. The summed E-state index contributed by atoms with van der Waals surface area (Å²) in [6.45, 7) is 6.16. The average Bonchev–Trinajstić information content (AvgIpc) is 2.29. The summed E-state index contributed by atoms with van der Waals surface area (Å²) in [6.07, 6.45) is 4.17. The molecular formula is C10H12N2. The van der Waals surface area contributed by atoms with Crippen LogP contribution >= 0.6 is 0 Å². The van der Waals surface area contributed by atoms with Crippen molar-refractivity contribution in [3.8, 4) is 0 Å². The molecule has 2 aromatic rings. The number of fused-ring (bicyclic) bond motifs is 1. The van der Waals surface area contributed by atoms with Gasteiger partial charge in [0, 0.05) is 12.4 Å². The second-order valence-corrected chi connectivity index (χ2v) is 3.28. The van der Waals surface area contributed by atoms with Gasteiger partial charge in [-0.1, -0.05) is 0 Å². The number of aromatic nitrogens is 2. The molecule has 0 fully saturated rings. The Kier molecular flexibility index (Phi) is 1.43. The molecule has 12 heavy (non-hydrogen) atoms. The normalized spacial score (nSPS) is 10.9. The van der Waals surface area contributed by atoms with Crippen LogP contribution in [0.2, 0.25) is 0 Å². The minimum atomic E-state index is 1.07. The van der Waals surface area contributed by atoms with Gasteiger partial charge in [-0.2, -0.15) is 0 Å². The fourth-order valence-corrected chi connectivity index (χ4v) is 1.57. The lowest BCUT2D eigenvalue weighted by molar-refractivity contribution is 1.04. The van der Waals surface area contributed by atoms with Crippen molar-refractivity contribution in [1.82, 2.24) is 9.38 Å². The fraction of sp³-hybridized carbons (Fsp3) is 0.300. The van der Waals surface area contributed by atoms with Crippen molar-refractivity contribution in [1.29, 1.82) is 0 Å². The Hall–Kier alpha value is -1.31. The summed E-state index contributed by atoms with van der Waals surface area (Å²) in [5.41, 5.74) is 4.65. The van der Waals surface area contributed by atoms with Crippen molar-refractivity contribution in [2.75, 3.05) is 0 Å². The van der Waals surface area contributed by atoms with Crippen molar-refractivity contribution in [3.63, 3.8) is 0 Å². The minimum absolute atomic E-state index is 1.07. The third-order valence-corrected chi connectivity index (χ3v) is 2.03. The molecule has 0 N–H and O–H groups in total. The van der Waals surface area contributed by atoms with Gasteiger partial charge in [0.1, 0.15) is 0 Å². The first-order valence-corrected chi connectivity index (χ1v) is 4.09. The van der Waals surface area contributed by atoms with Crippen LogP contribution in [-0.2, 0) is 0 Å². The number of rotatable bonds is 0. The van der Waals surface area contributed by atoms with Crippen molar-refractivity contribution < 1.29 is 0 Å². The summed E-state index contributed by atoms with van der Waals surface area (Å²) in [4.78, 5) is 4.39. The van der Waals surface area contributed by atoms with E-state index in [1.54, 1.807) is 0 Å². The standard InChI is InChI=1S/C10H12N2/c1-7-4-10-9(3)11-8(2)6-12(10)5-7/h4-6H,1-3H3. The van der Waals surface area contributed by atoms with Crippen molar-refractivity contribution in [2.24, 2.45) is 0 Å². The zero-order chi connectivity index (χ0) is 8.72. The van der Waals surface area contributed by atoms with Crippen molar-refractivity contribution >= 4 is 5.52 Å². The van der Waals surface area contributed by atoms with Crippen LogP contribution in [0.1, 0.15) is 17.0 Å². The van der Waals surface area contributed by atoms with Gasteiger partial charge in [-0.15, -0.1) is 0 Å². The van der Waals surface area contributed by atoms with Gasteiger partial charge < -0.3 is 4.40 Å². The molecule has 2 nitrogen and oxygen atoms in total. The van der Waals surface area contributed by atoms with Crippen LogP contribution in [-0.4, -0.2) is 9.38 Å². The molecule has 62 valence electrons. The van der Waals surface area contributed by atoms with E-state index in [-0.39, 0.29) is 0 Å². The Morgan fingerprint density at radius 2 is 1.92 bits per heavy atom. The van der Waals surface area contributed by atoms with Gasteiger partial charge in [0.25, 0.3) is 0 Å². The van der Waals surface area contributed by atoms with E-state index in [9.17, 15) is 0 Å². The Morgan fingerprint density at radius 1 is 1.17 bits per heavy atom. The molecule has 2 heteroatoms. The van der Waals surface area contributed by atoms with Crippen LogP contribution < -0.4 is 0 Å². The largest absolute Gasteiger partial charge is 0.320 e. The van der Waals surface area contributed by atoms with E-state index in [0.717, 1.165) is 11.4 Å². The number of aryl methyl sites for hydroxylation is 3. The molecule has 0 bridgehead atoms. The number of hydrogen-bond donors (Lipinski definition) is 0. The van der Waals surface area contributed by atoms with Crippen LogP contribution in [0.25, 0.3) is 5.52 Å². The molecule has 0 aliphatic carbocycles. The average molecular weight is 160 g/mol. The topological polar surface area (TPSA) is 17.3 Å². The van der Waals surface area contributed by atoms with Gasteiger partial charge in [-0.3, -0.25) is 4.98 Å². The maximum absolute atomic E-state index is 4.39. The highest BCUT2D eigenvalue weighted by Gasteiger charge is 2.00. The first-order valence-electron chi connectivity index (χ1n) is 4.09. The SMILES string of the molecule is Cc1cc2c(C)nc(C)cn2c1. The third-order valence-electron chi connectivity index (χ3n) is 2.03. The summed E-state index contributed by atoms with van der Waals surface area (Å²) >= 11 is 0. The molecule has 0 radical (unpaired) electrons. The zero-order valence-corrected chi connectivity index (χ0v) is 7.63. The molecule has 2 heterocycles. The van der Waals surface area contributed by atoms with Crippen LogP contribution in [0, 0.1) is 20.8 Å². The van der Waals surface area contributed by atoms with Crippen LogP contribution in [0.3, 0.4) is 0 Å². The summed E-state index contributed by atoms with van der Waals surface area (Å²) < 4.78 is 2.13. The zero-order valence-electron chi connectivity index (χ0n) is 7.63. The molecule has 0 aromatic carbocycles. The third kappa shape index (κ3) is 0.998. The van der Waals surface area contributed by atoms with E-state index in [2.05, 4.69) is 34.8 Å². The molecule has 0 spiro atoms. The highest BCUT2D eigenvalue weighted by molar-refractivity contribution is 5.54. The van der Waals surface area contributed by atoms with Crippen molar-refractivity contribution in [2.45, 2.75) is 20.8 Å². The van der Waals surface area contributed by atoms with E-state index >= 15 is 0 Å². The van der Waals surface area contributed by atoms with Crippen LogP contribution in [0.5, 0.6) is 0 Å². The van der Waals surface area contributed by atoms with E-state index < -0.39 is 0 Å². The molecule has 0 saturated heterocycles. The molecule has 2 aromatic heterocycles. The van der Waals surface area contributed by atoms with E-state index in [4.69, 9.17) is 0 Å². The molecule has 0 aliphatic rings. The monoisotopic (exact) mass is 160 g/mol. The van der Waals surface area contributed by atoms with E-state index in [0.29, 0.717) is 0 Å². The Bertz CT molecular complexity index is 427. The van der Waals surface area contributed by atoms with E-state index in [1.807, 2.05) is 13.8 Å². The number of nitrogens with zero attached hydrogens (tertiary/aromatic N) is 2. The lowest BCUT2D eigenvalue weighted by Crippen LogP contribution is -1.92. The van der Waals surface area contributed by atoms with Gasteiger partial charge in [0.15, 0.2) is 0 Å². The van der Waals surface area contributed by atoms with Crippen molar-refractivity contribution in [3.05, 3.63) is 35.4 Å². The molecular weight excluding hydrogens is 148 g/mol. The predicted octanol–water partition coefficient (Wildman–Crippen LogP) is 2.26. The Labute approximate surface area is 71.9 Å².